The molecule has 0 aliphatic heterocycles. The standard InChI is InChI=1S/C24H15F5N6O/c25-16-6-4-15(5-7-16)18-11-20(24(27,28)29)35-22(30-18)12-19(32-35)23(36)31-21-8-9-34(33-21)13-14-2-1-3-17(26)10-14/h1-12H,13H2,(H,31,33,36). The SMILES string of the molecule is O=C(Nc1ccn(Cc2cccc(F)c2)n1)c1cc2nc(-c3ccc(F)cc3)cc(C(F)(F)F)n2n1. The van der Waals surface area contributed by atoms with Crippen LogP contribution in [0, 0.1) is 11.6 Å². The first-order chi connectivity index (χ1) is 17.2. The summed E-state index contributed by atoms with van der Waals surface area (Å²) in [7, 11) is 0. The molecule has 7 nitrogen and oxygen atoms in total. The van der Waals surface area contributed by atoms with Crippen LogP contribution < -0.4 is 5.32 Å². The number of hydrogen-bond donors (Lipinski definition) is 1. The van der Waals surface area contributed by atoms with E-state index in [-0.39, 0.29) is 35.0 Å². The van der Waals surface area contributed by atoms with Gasteiger partial charge in [0.15, 0.2) is 22.9 Å². The molecule has 2 aromatic carbocycles. The van der Waals surface area contributed by atoms with Gasteiger partial charge in [-0.05, 0) is 48.0 Å². The monoisotopic (exact) mass is 498 g/mol. The number of nitrogens with one attached hydrogen (secondary N) is 1. The van der Waals surface area contributed by atoms with E-state index in [9.17, 15) is 26.7 Å². The zero-order valence-corrected chi connectivity index (χ0v) is 18.2. The molecule has 0 atom stereocenters. The number of amides is 1. The summed E-state index contributed by atoms with van der Waals surface area (Å²) in [5.41, 5.74) is -0.822. The van der Waals surface area contributed by atoms with E-state index in [0.717, 1.165) is 24.3 Å². The van der Waals surface area contributed by atoms with Crippen molar-refractivity contribution in [2.45, 2.75) is 12.7 Å². The normalized spacial score (nSPS) is 11.7. The topological polar surface area (TPSA) is 77.1 Å². The average molecular weight is 498 g/mol. The summed E-state index contributed by atoms with van der Waals surface area (Å²) in [6.45, 7) is 0.243. The van der Waals surface area contributed by atoms with Crippen molar-refractivity contribution in [1.29, 1.82) is 0 Å². The Balaban J connectivity index is 1.42. The third-order valence-corrected chi connectivity index (χ3v) is 5.21. The molecule has 36 heavy (non-hydrogen) atoms. The summed E-state index contributed by atoms with van der Waals surface area (Å²) in [6.07, 6.45) is -3.24. The van der Waals surface area contributed by atoms with Gasteiger partial charge in [-0.1, -0.05) is 12.1 Å². The number of carbonyl (C=O) groups is 1. The van der Waals surface area contributed by atoms with E-state index in [1.807, 2.05) is 0 Å². The van der Waals surface area contributed by atoms with E-state index in [1.54, 1.807) is 18.3 Å². The Morgan fingerprint density at radius 1 is 0.917 bits per heavy atom. The second-order valence-corrected chi connectivity index (χ2v) is 7.81. The lowest BCUT2D eigenvalue weighted by molar-refractivity contribution is -0.142. The van der Waals surface area contributed by atoms with E-state index in [0.29, 0.717) is 10.1 Å². The lowest BCUT2D eigenvalue weighted by Crippen LogP contribution is -2.16. The highest BCUT2D eigenvalue weighted by atomic mass is 19.4. The molecule has 0 bridgehead atoms. The van der Waals surface area contributed by atoms with Gasteiger partial charge >= 0.3 is 6.18 Å². The fraction of sp³-hybridized carbons (Fsp3) is 0.0833. The molecule has 5 aromatic rings. The molecule has 0 aliphatic carbocycles. The van der Waals surface area contributed by atoms with Crippen LogP contribution >= 0.6 is 0 Å². The van der Waals surface area contributed by atoms with E-state index < -0.39 is 29.4 Å². The first-order valence-electron chi connectivity index (χ1n) is 10.5. The molecule has 12 heteroatoms. The minimum Gasteiger partial charge on any atom is -0.304 e. The molecule has 3 heterocycles. The van der Waals surface area contributed by atoms with Gasteiger partial charge in [-0.15, -0.1) is 0 Å². The van der Waals surface area contributed by atoms with Gasteiger partial charge in [-0.3, -0.25) is 9.48 Å². The van der Waals surface area contributed by atoms with Crippen LogP contribution in [0.5, 0.6) is 0 Å². The molecular formula is C24H15F5N6O. The lowest BCUT2D eigenvalue weighted by Gasteiger charge is -2.11. The van der Waals surface area contributed by atoms with Crippen LogP contribution in [-0.2, 0) is 12.7 Å². The van der Waals surface area contributed by atoms with Crippen molar-refractivity contribution < 1.29 is 26.7 Å². The summed E-state index contributed by atoms with van der Waals surface area (Å²) in [6, 6.07) is 14.1. The number of hydrogen-bond acceptors (Lipinski definition) is 4. The van der Waals surface area contributed by atoms with Gasteiger partial charge in [0.25, 0.3) is 5.91 Å². The number of halogens is 5. The first-order valence-corrected chi connectivity index (χ1v) is 10.5. The lowest BCUT2D eigenvalue weighted by atomic mass is 10.1. The molecule has 0 fully saturated rings. The largest absolute Gasteiger partial charge is 0.433 e. The quantitative estimate of drug-likeness (QED) is 0.339. The summed E-state index contributed by atoms with van der Waals surface area (Å²) < 4.78 is 69.9. The Morgan fingerprint density at radius 3 is 2.42 bits per heavy atom. The molecule has 1 amide bonds. The summed E-state index contributed by atoms with van der Waals surface area (Å²) in [5.74, 6) is -1.61. The second-order valence-electron chi connectivity index (χ2n) is 7.81. The molecule has 0 spiro atoms. The summed E-state index contributed by atoms with van der Waals surface area (Å²) >= 11 is 0. The summed E-state index contributed by atoms with van der Waals surface area (Å²) in [4.78, 5) is 16.9. The van der Waals surface area contributed by atoms with Gasteiger partial charge in [0, 0.05) is 23.9 Å². The van der Waals surface area contributed by atoms with Gasteiger partial charge in [0.1, 0.15) is 11.6 Å². The van der Waals surface area contributed by atoms with E-state index in [2.05, 4.69) is 20.5 Å². The van der Waals surface area contributed by atoms with Gasteiger partial charge < -0.3 is 5.32 Å². The third-order valence-electron chi connectivity index (χ3n) is 5.21. The van der Waals surface area contributed by atoms with Gasteiger partial charge in [0.2, 0.25) is 0 Å². The maximum absolute atomic E-state index is 13.8. The van der Waals surface area contributed by atoms with Crippen LogP contribution in [0.3, 0.4) is 0 Å². The van der Waals surface area contributed by atoms with Crippen molar-refractivity contribution in [2.75, 3.05) is 5.32 Å². The predicted octanol–water partition coefficient (Wildman–Crippen LogP) is 5.19. The number of benzene rings is 2. The van der Waals surface area contributed by atoms with E-state index >= 15 is 0 Å². The fourth-order valence-corrected chi connectivity index (χ4v) is 3.58. The first kappa shape index (κ1) is 23.1. The summed E-state index contributed by atoms with van der Waals surface area (Å²) in [5, 5.41) is 10.4. The van der Waals surface area contributed by atoms with E-state index in [1.165, 1.54) is 35.0 Å². The van der Waals surface area contributed by atoms with E-state index in [4.69, 9.17) is 0 Å². The Morgan fingerprint density at radius 2 is 1.69 bits per heavy atom. The van der Waals surface area contributed by atoms with Crippen LogP contribution in [0.4, 0.5) is 27.8 Å². The zero-order chi connectivity index (χ0) is 25.4. The second kappa shape index (κ2) is 8.87. The van der Waals surface area contributed by atoms with Crippen LogP contribution in [0.1, 0.15) is 21.7 Å². The van der Waals surface area contributed by atoms with Crippen molar-refractivity contribution in [1.82, 2.24) is 24.4 Å². The molecule has 182 valence electrons. The molecule has 0 saturated heterocycles. The van der Waals surface area contributed by atoms with Crippen LogP contribution in [0.25, 0.3) is 16.9 Å². The van der Waals surface area contributed by atoms with Crippen molar-refractivity contribution >= 4 is 17.4 Å². The third kappa shape index (κ3) is 4.78. The molecule has 0 saturated carbocycles. The smallest absolute Gasteiger partial charge is 0.304 e. The molecule has 1 N–H and O–H groups in total. The number of alkyl halides is 3. The number of fused-ring (bicyclic) bond motifs is 1. The molecule has 3 aromatic heterocycles. The van der Waals surface area contributed by atoms with Gasteiger partial charge in [0.05, 0.1) is 12.2 Å². The highest BCUT2D eigenvalue weighted by Gasteiger charge is 2.35. The van der Waals surface area contributed by atoms with Crippen molar-refractivity contribution in [3.63, 3.8) is 0 Å². The van der Waals surface area contributed by atoms with Crippen molar-refractivity contribution in [2.24, 2.45) is 0 Å². The maximum atomic E-state index is 13.8. The molecule has 0 unspecified atom stereocenters. The van der Waals surface area contributed by atoms with Crippen LogP contribution in [0.15, 0.2) is 72.9 Å². The van der Waals surface area contributed by atoms with Crippen molar-refractivity contribution in [3.05, 3.63) is 102 Å². The number of rotatable bonds is 5. The molecule has 0 radical (unpaired) electrons. The minimum atomic E-state index is -4.80. The Labute approximate surface area is 199 Å². The Kier molecular flexibility index (Phi) is 5.71. The van der Waals surface area contributed by atoms with Gasteiger partial charge in [-0.2, -0.15) is 23.4 Å². The number of nitrogens with zero attached hydrogens (tertiary/aromatic N) is 5. The number of anilines is 1. The fourth-order valence-electron chi connectivity index (χ4n) is 3.58. The van der Waals surface area contributed by atoms with Crippen LogP contribution in [0.2, 0.25) is 0 Å². The number of aromatic nitrogens is 5. The van der Waals surface area contributed by atoms with Gasteiger partial charge in [-0.25, -0.2) is 18.3 Å². The predicted molar refractivity (Wildman–Crippen MR) is 119 cm³/mol. The Hall–Kier alpha value is -4.61. The molecular weight excluding hydrogens is 483 g/mol. The average Bonchev–Trinajstić information content (AvgIpc) is 3.45. The van der Waals surface area contributed by atoms with Crippen molar-refractivity contribution in [3.8, 4) is 11.3 Å². The zero-order valence-electron chi connectivity index (χ0n) is 18.2. The highest BCUT2D eigenvalue weighted by Crippen LogP contribution is 2.32. The Bertz CT molecular complexity index is 1570. The minimum absolute atomic E-state index is 0.0576. The van der Waals surface area contributed by atoms with Crippen LogP contribution in [-0.4, -0.2) is 30.3 Å². The molecule has 0 aliphatic rings. The maximum Gasteiger partial charge on any atom is 0.433 e. The number of carbonyl (C=O) groups excluding carboxylic acids is 1. The highest BCUT2D eigenvalue weighted by molar-refractivity contribution is 6.03. The molecule has 5 rings (SSSR count).